The van der Waals surface area contributed by atoms with E-state index in [-0.39, 0.29) is 0 Å². The van der Waals surface area contributed by atoms with Gasteiger partial charge in [-0.2, -0.15) is 26.3 Å². The van der Waals surface area contributed by atoms with Crippen LogP contribution in [0.5, 0.6) is 0 Å². The van der Waals surface area contributed by atoms with Gasteiger partial charge in [-0.3, -0.25) is 14.6 Å². The third-order valence-corrected chi connectivity index (χ3v) is 4.23. The molecule has 0 unspecified atom stereocenters. The summed E-state index contributed by atoms with van der Waals surface area (Å²) in [6, 6.07) is 10.8. The van der Waals surface area contributed by atoms with E-state index in [1.807, 2.05) is 5.32 Å². The minimum atomic E-state index is -4.75. The fourth-order valence-corrected chi connectivity index (χ4v) is 2.82. The molecular formula is C21H13F6N3O2. The van der Waals surface area contributed by atoms with Crippen LogP contribution in [0.3, 0.4) is 0 Å². The van der Waals surface area contributed by atoms with Crippen LogP contribution < -0.4 is 10.6 Å². The highest BCUT2D eigenvalue weighted by molar-refractivity contribution is 6.14. The van der Waals surface area contributed by atoms with Gasteiger partial charge in [0.2, 0.25) is 0 Å². The van der Waals surface area contributed by atoms with Crippen molar-refractivity contribution in [3.05, 3.63) is 89.2 Å². The highest BCUT2D eigenvalue weighted by atomic mass is 19.4. The first-order valence-electron chi connectivity index (χ1n) is 8.88. The van der Waals surface area contributed by atoms with E-state index >= 15 is 0 Å². The third-order valence-electron chi connectivity index (χ3n) is 4.23. The summed E-state index contributed by atoms with van der Waals surface area (Å²) in [6.45, 7) is 0. The topological polar surface area (TPSA) is 71.1 Å². The molecule has 0 saturated heterocycles. The van der Waals surface area contributed by atoms with Crippen molar-refractivity contribution in [1.29, 1.82) is 0 Å². The second kappa shape index (κ2) is 8.69. The Bertz CT molecular complexity index is 1070. The van der Waals surface area contributed by atoms with E-state index in [1.54, 1.807) is 0 Å². The van der Waals surface area contributed by atoms with Crippen LogP contribution in [0.1, 0.15) is 32.0 Å². The van der Waals surface area contributed by atoms with Crippen LogP contribution in [0.2, 0.25) is 0 Å². The summed E-state index contributed by atoms with van der Waals surface area (Å²) in [5.41, 5.74) is -4.33. The molecule has 2 N–H and O–H groups in total. The van der Waals surface area contributed by atoms with Gasteiger partial charge in [0.05, 0.1) is 28.1 Å². The van der Waals surface area contributed by atoms with Crippen molar-refractivity contribution in [3.8, 4) is 0 Å². The number of hydrogen-bond acceptors (Lipinski definition) is 3. The van der Waals surface area contributed by atoms with Crippen molar-refractivity contribution in [3.63, 3.8) is 0 Å². The molecule has 0 fully saturated rings. The number of amides is 2. The SMILES string of the molecule is O=C(Nc1ccccc1C(F)(F)F)c1cccnc1C(=O)Nc1ccccc1C(F)(F)F. The van der Waals surface area contributed by atoms with E-state index in [9.17, 15) is 35.9 Å². The number of pyridine rings is 1. The number of benzene rings is 2. The van der Waals surface area contributed by atoms with Gasteiger partial charge in [0.25, 0.3) is 11.8 Å². The number of para-hydroxylation sites is 2. The molecule has 5 nitrogen and oxygen atoms in total. The molecule has 0 spiro atoms. The summed E-state index contributed by atoms with van der Waals surface area (Å²) in [5, 5.41) is 4.12. The first kappa shape index (κ1) is 22.8. The summed E-state index contributed by atoms with van der Waals surface area (Å²) < 4.78 is 79.0. The van der Waals surface area contributed by atoms with E-state index < -0.39 is 57.9 Å². The molecule has 0 atom stereocenters. The molecule has 3 aromatic rings. The Morgan fingerprint density at radius 3 is 1.62 bits per heavy atom. The maximum atomic E-state index is 13.2. The van der Waals surface area contributed by atoms with Crippen LogP contribution in [-0.4, -0.2) is 16.8 Å². The molecule has 32 heavy (non-hydrogen) atoms. The smallest absolute Gasteiger partial charge is 0.321 e. The average molecular weight is 453 g/mol. The van der Waals surface area contributed by atoms with Crippen molar-refractivity contribution in [2.24, 2.45) is 0 Å². The first-order chi connectivity index (χ1) is 15.0. The van der Waals surface area contributed by atoms with Crippen molar-refractivity contribution in [1.82, 2.24) is 4.98 Å². The van der Waals surface area contributed by atoms with Crippen molar-refractivity contribution < 1.29 is 35.9 Å². The Morgan fingerprint density at radius 1 is 0.656 bits per heavy atom. The average Bonchev–Trinajstić information content (AvgIpc) is 2.73. The molecule has 166 valence electrons. The van der Waals surface area contributed by atoms with E-state index in [4.69, 9.17) is 0 Å². The summed E-state index contributed by atoms with van der Waals surface area (Å²) in [6.07, 6.45) is -8.39. The highest BCUT2D eigenvalue weighted by Crippen LogP contribution is 2.36. The molecule has 2 amide bonds. The molecule has 0 aliphatic carbocycles. The number of alkyl halides is 6. The molecule has 0 aliphatic heterocycles. The van der Waals surface area contributed by atoms with Gasteiger partial charge in [0.1, 0.15) is 5.69 Å². The van der Waals surface area contributed by atoms with Crippen LogP contribution in [-0.2, 0) is 12.4 Å². The van der Waals surface area contributed by atoms with Crippen LogP contribution >= 0.6 is 0 Å². The Kier molecular flexibility index (Phi) is 6.19. The lowest BCUT2D eigenvalue weighted by atomic mass is 10.1. The number of aromatic nitrogens is 1. The molecule has 1 heterocycles. The zero-order valence-corrected chi connectivity index (χ0v) is 15.9. The number of halogens is 6. The zero-order valence-electron chi connectivity index (χ0n) is 15.9. The molecule has 2 aromatic carbocycles. The molecule has 0 aliphatic rings. The lowest BCUT2D eigenvalue weighted by Crippen LogP contribution is -2.23. The number of nitrogens with zero attached hydrogens (tertiary/aromatic N) is 1. The second-order valence-electron chi connectivity index (χ2n) is 6.39. The van der Waals surface area contributed by atoms with Crippen molar-refractivity contribution in [2.75, 3.05) is 10.6 Å². The van der Waals surface area contributed by atoms with Crippen LogP contribution in [0.4, 0.5) is 37.7 Å². The number of hydrogen-bond donors (Lipinski definition) is 2. The summed E-state index contributed by atoms with van der Waals surface area (Å²) in [5.74, 6) is -2.24. The Hall–Kier alpha value is -3.89. The normalized spacial score (nSPS) is 11.7. The second-order valence-corrected chi connectivity index (χ2v) is 6.39. The Balaban J connectivity index is 1.91. The standard InChI is InChI=1S/C21H13F6N3O2/c22-20(23,24)13-7-1-3-9-15(13)29-18(31)12-6-5-11-28-17(12)19(32)30-16-10-4-2-8-14(16)21(25,26)27/h1-11H,(H,29,31)(H,30,32). The maximum Gasteiger partial charge on any atom is 0.418 e. The number of rotatable bonds is 4. The van der Waals surface area contributed by atoms with Crippen molar-refractivity contribution >= 4 is 23.2 Å². The van der Waals surface area contributed by atoms with Gasteiger partial charge in [-0.15, -0.1) is 0 Å². The fourth-order valence-electron chi connectivity index (χ4n) is 2.82. The van der Waals surface area contributed by atoms with E-state index in [0.29, 0.717) is 0 Å². The van der Waals surface area contributed by atoms with Gasteiger partial charge in [-0.25, -0.2) is 0 Å². The van der Waals surface area contributed by atoms with Gasteiger partial charge in [0.15, 0.2) is 0 Å². The van der Waals surface area contributed by atoms with Gasteiger partial charge >= 0.3 is 12.4 Å². The quantitative estimate of drug-likeness (QED) is 0.504. The predicted octanol–water partition coefficient (Wildman–Crippen LogP) is 5.62. The molecule has 0 bridgehead atoms. The maximum absolute atomic E-state index is 13.2. The minimum absolute atomic E-state index is 0.425. The summed E-state index contributed by atoms with van der Waals surface area (Å²) >= 11 is 0. The summed E-state index contributed by atoms with van der Waals surface area (Å²) in [7, 11) is 0. The predicted molar refractivity (Wildman–Crippen MR) is 103 cm³/mol. The Labute approximate surface area is 177 Å². The fraction of sp³-hybridized carbons (Fsp3) is 0.0952. The molecule has 1 aromatic heterocycles. The highest BCUT2D eigenvalue weighted by Gasteiger charge is 2.35. The molecule has 0 saturated carbocycles. The summed E-state index contributed by atoms with van der Waals surface area (Å²) in [4.78, 5) is 28.9. The van der Waals surface area contributed by atoms with E-state index in [0.717, 1.165) is 48.7 Å². The number of anilines is 2. The van der Waals surface area contributed by atoms with Gasteiger partial charge in [-0.05, 0) is 36.4 Å². The molecule has 0 radical (unpaired) electrons. The monoisotopic (exact) mass is 453 g/mol. The third kappa shape index (κ3) is 5.05. The van der Waals surface area contributed by atoms with Gasteiger partial charge in [-0.1, -0.05) is 24.3 Å². The number of nitrogens with one attached hydrogen (secondary N) is 2. The molecular weight excluding hydrogens is 440 g/mol. The molecule has 3 rings (SSSR count). The lowest BCUT2D eigenvalue weighted by Gasteiger charge is -2.15. The number of carbonyl (C=O) groups excluding carboxylic acids is 2. The van der Waals surface area contributed by atoms with Crippen LogP contribution in [0.15, 0.2) is 66.9 Å². The van der Waals surface area contributed by atoms with E-state index in [2.05, 4.69) is 10.3 Å². The van der Waals surface area contributed by atoms with Crippen LogP contribution in [0.25, 0.3) is 0 Å². The van der Waals surface area contributed by atoms with Gasteiger partial charge < -0.3 is 10.6 Å². The molecule has 11 heteroatoms. The number of carbonyl (C=O) groups is 2. The van der Waals surface area contributed by atoms with E-state index in [1.165, 1.54) is 18.2 Å². The zero-order chi connectivity index (χ0) is 23.5. The van der Waals surface area contributed by atoms with Crippen molar-refractivity contribution in [2.45, 2.75) is 12.4 Å². The van der Waals surface area contributed by atoms with Gasteiger partial charge in [0, 0.05) is 6.20 Å². The largest absolute Gasteiger partial charge is 0.418 e. The first-order valence-corrected chi connectivity index (χ1v) is 8.88. The Morgan fingerprint density at radius 2 is 1.12 bits per heavy atom. The van der Waals surface area contributed by atoms with Crippen LogP contribution in [0, 0.1) is 0 Å². The minimum Gasteiger partial charge on any atom is -0.321 e. The lowest BCUT2D eigenvalue weighted by molar-refractivity contribution is -0.137.